The molecule has 3 fully saturated rings. The molecule has 2 saturated heterocycles. The maximum absolute atomic E-state index is 12.5. The quantitative estimate of drug-likeness (QED) is 0.168. The summed E-state index contributed by atoms with van der Waals surface area (Å²) in [5.41, 5.74) is -0.392. The summed E-state index contributed by atoms with van der Waals surface area (Å²) in [6.07, 6.45) is -10.1. The third-order valence-electron chi connectivity index (χ3n) is 11.3. The van der Waals surface area contributed by atoms with Gasteiger partial charge in [-0.25, -0.2) is 0 Å². The van der Waals surface area contributed by atoms with E-state index in [9.17, 15) is 38.4 Å². The molecule has 1 saturated carbocycles. The average molecular weight is 943 g/mol. The minimum Gasteiger partial charge on any atom is -0.463 e. The van der Waals surface area contributed by atoms with E-state index in [0.29, 0.717) is 22.6 Å². The van der Waals surface area contributed by atoms with Crippen LogP contribution in [0.15, 0.2) is 36.4 Å². The minimum absolute atomic E-state index is 0.0979. The third-order valence-corrected chi connectivity index (χ3v) is 11.3. The lowest BCUT2D eigenvalue weighted by Crippen LogP contribution is -2.70. The van der Waals surface area contributed by atoms with E-state index in [1.807, 2.05) is 38.1 Å². The normalized spacial score (nSPS) is 29.7. The Morgan fingerprint density at radius 2 is 0.851 bits per heavy atom. The Balaban J connectivity index is 1.38. The van der Waals surface area contributed by atoms with Gasteiger partial charge in [-0.15, -0.1) is 0 Å². The fourth-order valence-corrected chi connectivity index (χ4v) is 8.46. The van der Waals surface area contributed by atoms with Crippen LogP contribution in [0.1, 0.15) is 110 Å². The van der Waals surface area contributed by atoms with Gasteiger partial charge in [-0.2, -0.15) is 0 Å². The zero-order valence-corrected chi connectivity index (χ0v) is 39.5. The van der Waals surface area contributed by atoms with Gasteiger partial charge in [0.05, 0.1) is 0 Å². The molecule has 67 heavy (non-hydrogen) atoms. The number of hydrogen-bond acceptors (Lipinski definition) is 20. The molecule has 2 aliphatic heterocycles. The predicted molar refractivity (Wildman–Crippen MR) is 227 cm³/mol. The Morgan fingerprint density at radius 3 is 1.13 bits per heavy atom. The van der Waals surface area contributed by atoms with Gasteiger partial charge in [0.25, 0.3) is 0 Å². The molecular weight excluding hydrogens is 884 g/mol. The van der Waals surface area contributed by atoms with Crippen LogP contribution in [-0.2, 0) is 85.7 Å². The molecule has 0 bridgehead atoms. The van der Waals surface area contributed by atoms with Crippen molar-refractivity contribution >= 4 is 47.8 Å². The topological polar surface area (TPSA) is 247 Å². The van der Waals surface area contributed by atoms with Crippen LogP contribution >= 0.6 is 0 Å². The lowest BCUT2D eigenvalue weighted by atomic mass is 9.87. The van der Waals surface area contributed by atoms with Crippen molar-refractivity contribution < 1.29 is 95.2 Å². The number of esters is 8. The van der Waals surface area contributed by atoms with Crippen LogP contribution in [0.3, 0.4) is 0 Å². The van der Waals surface area contributed by atoms with Crippen molar-refractivity contribution in [2.75, 3.05) is 13.2 Å². The van der Waals surface area contributed by atoms with Crippen molar-refractivity contribution in [3.8, 4) is 11.5 Å². The molecule has 20 nitrogen and oxygen atoms in total. The molecule has 0 aromatic heterocycles. The maximum atomic E-state index is 12.5. The number of aryl methyl sites for hydroxylation is 2. The van der Waals surface area contributed by atoms with Gasteiger partial charge in [-0.1, -0.05) is 24.3 Å². The highest BCUT2D eigenvalue weighted by atomic mass is 16.8. The number of carbonyl (C=O) groups excluding carboxylic acids is 8. The van der Waals surface area contributed by atoms with Gasteiger partial charge in [0.2, 0.25) is 23.8 Å². The lowest BCUT2D eigenvalue weighted by molar-refractivity contribution is -0.321. The standard InChI is InChI=1S/C47H58O20/c1-22-17-32(13-15-36(22)62-44-46(11,66-30(9)54)42(60-28(7)52)40(58-26(5)50)38(64-44)20-56-24(3)48)34-19-35(34)33-14-16-37(23(2)18-33)63-45-47(12,67-31(10)55)43(61-29(8)53)41(59-27(6)51)39(65-45)21-57-25(4)49/h13-18,34-35,38-45H,19-21H2,1-12H3/t34?,35?,38-,39-,40-,41-,42+,43+,44+,45+,46+,47+/m1/s1. The number of benzene rings is 2. The van der Waals surface area contributed by atoms with E-state index in [-0.39, 0.29) is 11.8 Å². The highest BCUT2D eigenvalue weighted by Gasteiger charge is 2.63. The molecule has 1 aliphatic carbocycles. The highest BCUT2D eigenvalue weighted by molar-refractivity contribution is 5.70. The van der Waals surface area contributed by atoms with Gasteiger partial charge >= 0.3 is 47.8 Å². The first-order valence-electron chi connectivity index (χ1n) is 21.5. The van der Waals surface area contributed by atoms with E-state index in [1.54, 1.807) is 12.1 Å². The monoisotopic (exact) mass is 942 g/mol. The molecule has 366 valence electrons. The van der Waals surface area contributed by atoms with Crippen LogP contribution in [0.5, 0.6) is 11.5 Å². The van der Waals surface area contributed by atoms with Gasteiger partial charge in [0.1, 0.15) is 36.9 Å². The second-order valence-electron chi connectivity index (χ2n) is 17.1. The fraction of sp³-hybridized carbons (Fsp3) is 0.574. The highest BCUT2D eigenvalue weighted by Crippen LogP contribution is 2.55. The zero-order chi connectivity index (χ0) is 49.7. The Kier molecular flexibility index (Phi) is 16.3. The van der Waals surface area contributed by atoms with Gasteiger partial charge in [-0.05, 0) is 80.3 Å². The van der Waals surface area contributed by atoms with Crippen molar-refractivity contribution in [3.05, 3.63) is 58.7 Å². The molecule has 20 heteroatoms. The summed E-state index contributed by atoms with van der Waals surface area (Å²) in [6, 6.07) is 11.1. The minimum atomic E-state index is -1.87. The second-order valence-corrected chi connectivity index (χ2v) is 17.1. The molecule has 2 aromatic rings. The molecule has 12 atom stereocenters. The second kappa shape index (κ2) is 21.1. The largest absolute Gasteiger partial charge is 0.463 e. The molecule has 2 unspecified atom stereocenters. The van der Waals surface area contributed by atoms with Crippen LogP contribution in [0.4, 0.5) is 0 Å². The summed E-state index contributed by atoms with van der Waals surface area (Å²) >= 11 is 0. The summed E-state index contributed by atoms with van der Waals surface area (Å²) in [4.78, 5) is 97.9. The number of rotatable bonds is 16. The van der Waals surface area contributed by atoms with E-state index < -0.39 is 121 Å². The average Bonchev–Trinajstić information content (AvgIpc) is 4.00. The van der Waals surface area contributed by atoms with E-state index in [1.165, 1.54) is 27.7 Å². The van der Waals surface area contributed by atoms with E-state index >= 15 is 0 Å². The summed E-state index contributed by atoms with van der Waals surface area (Å²) in [5, 5.41) is 0. The van der Waals surface area contributed by atoms with Crippen LogP contribution in [0.25, 0.3) is 0 Å². The van der Waals surface area contributed by atoms with Gasteiger partial charge in [0, 0.05) is 55.4 Å². The number of hydrogen-bond donors (Lipinski definition) is 0. The van der Waals surface area contributed by atoms with E-state index in [0.717, 1.165) is 59.1 Å². The van der Waals surface area contributed by atoms with Crippen LogP contribution in [0, 0.1) is 13.8 Å². The van der Waals surface area contributed by atoms with E-state index in [4.69, 9.17) is 56.8 Å². The number of carbonyl (C=O) groups is 8. The Morgan fingerprint density at radius 1 is 0.507 bits per heavy atom. The van der Waals surface area contributed by atoms with Crippen LogP contribution < -0.4 is 9.47 Å². The maximum Gasteiger partial charge on any atom is 0.303 e. The lowest BCUT2D eigenvalue weighted by Gasteiger charge is -2.49. The summed E-state index contributed by atoms with van der Waals surface area (Å²) in [5.74, 6) is -5.06. The van der Waals surface area contributed by atoms with Gasteiger partial charge in [0.15, 0.2) is 24.4 Å². The fourth-order valence-electron chi connectivity index (χ4n) is 8.46. The first-order valence-corrected chi connectivity index (χ1v) is 21.5. The molecule has 3 aliphatic rings. The molecule has 0 amide bonds. The van der Waals surface area contributed by atoms with E-state index in [2.05, 4.69) is 0 Å². The van der Waals surface area contributed by atoms with Crippen molar-refractivity contribution in [3.63, 3.8) is 0 Å². The number of ether oxygens (including phenoxy) is 12. The first-order chi connectivity index (χ1) is 31.3. The first kappa shape index (κ1) is 51.7. The Labute approximate surface area is 387 Å². The van der Waals surface area contributed by atoms with Crippen molar-refractivity contribution in [2.45, 2.75) is 162 Å². The van der Waals surface area contributed by atoms with Crippen molar-refractivity contribution in [1.29, 1.82) is 0 Å². The predicted octanol–water partition coefficient (Wildman–Crippen LogP) is 4.28. The molecule has 0 spiro atoms. The van der Waals surface area contributed by atoms with Crippen molar-refractivity contribution in [2.24, 2.45) is 0 Å². The molecule has 2 heterocycles. The summed E-state index contributed by atoms with van der Waals surface area (Å²) in [7, 11) is 0. The summed E-state index contributed by atoms with van der Waals surface area (Å²) < 4.78 is 69.3. The molecule has 0 radical (unpaired) electrons. The zero-order valence-electron chi connectivity index (χ0n) is 39.5. The van der Waals surface area contributed by atoms with Gasteiger partial charge < -0.3 is 56.8 Å². The SMILES string of the molecule is CC(=O)OC[C@H]1O[C@H](Oc2ccc(C3CC3c3ccc(O[C@H]4O[C@H](COC(C)=O)[C@@H](OC(C)=O)[C@H](OC(C)=O)[C@]4(C)OC(C)=O)c(C)c3)cc2C)[C@@](C)(OC(C)=O)[C@@H](OC(C)=O)[C@@H]1OC(C)=O. The molecule has 2 aromatic carbocycles. The van der Waals surface area contributed by atoms with Crippen LogP contribution in [-0.4, -0.2) is 121 Å². The van der Waals surface area contributed by atoms with Gasteiger partial charge in [-0.3, -0.25) is 38.4 Å². The molecule has 0 N–H and O–H groups in total. The third kappa shape index (κ3) is 12.6. The van der Waals surface area contributed by atoms with Crippen molar-refractivity contribution in [1.82, 2.24) is 0 Å². The summed E-state index contributed by atoms with van der Waals surface area (Å²) in [6.45, 7) is 14.8. The Bertz CT molecular complexity index is 2080. The Hall–Kier alpha value is -6.28. The van der Waals surface area contributed by atoms with Crippen LogP contribution in [0.2, 0.25) is 0 Å². The smallest absolute Gasteiger partial charge is 0.303 e. The molecular formula is C47H58O20. The molecule has 5 rings (SSSR count).